The van der Waals surface area contributed by atoms with Gasteiger partial charge in [-0.1, -0.05) is 23.7 Å². The summed E-state index contributed by atoms with van der Waals surface area (Å²) in [7, 11) is 0. The van der Waals surface area contributed by atoms with Crippen molar-refractivity contribution in [1.29, 1.82) is 0 Å². The summed E-state index contributed by atoms with van der Waals surface area (Å²) >= 11 is 6.02. The fraction of sp³-hybridized carbons (Fsp3) is 0.0588. The van der Waals surface area contributed by atoms with Gasteiger partial charge in [0.1, 0.15) is 5.82 Å². The number of carbonyl (C=O) groups is 1. The molecule has 0 fully saturated rings. The Labute approximate surface area is 143 Å². The van der Waals surface area contributed by atoms with E-state index in [1.165, 1.54) is 0 Å². The summed E-state index contributed by atoms with van der Waals surface area (Å²) in [5.74, 6) is 0.220. The third-order valence-electron chi connectivity index (χ3n) is 3.24. The molecule has 2 heterocycles. The standard InChI is InChI=1S/C17H14ClN5O/c18-13-3-1-2-4-14(13)21-17(24)15-5-6-16(23-22-15)20-11-12-7-9-19-10-8-12/h1-10H,11H2,(H,20,23)(H,21,24). The van der Waals surface area contributed by atoms with Crippen LogP contribution >= 0.6 is 11.6 Å². The number of amides is 1. The second kappa shape index (κ2) is 7.52. The Balaban J connectivity index is 1.61. The molecule has 0 radical (unpaired) electrons. The highest BCUT2D eigenvalue weighted by Gasteiger charge is 2.10. The van der Waals surface area contributed by atoms with Crippen molar-refractivity contribution in [2.24, 2.45) is 0 Å². The summed E-state index contributed by atoms with van der Waals surface area (Å²) in [6, 6.07) is 14.1. The molecule has 0 unspecified atom stereocenters. The Hall–Kier alpha value is -2.99. The second-order valence-corrected chi connectivity index (χ2v) is 5.35. The van der Waals surface area contributed by atoms with Gasteiger partial charge in [0, 0.05) is 18.9 Å². The lowest BCUT2D eigenvalue weighted by molar-refractivity contribution is 0.102. The van der Waals surface area contributed by atoms with Crippen LogP contribution in [0, 0.1) is 0 Å². The zero-order chi connectivity index (χ0) is 16.8. The van der Waals surface area contributed by atoms with E-state index in [-0.39, 0.29) is 11.6 Å². The number of aromatic nitrogens is 3. The Morgan fingerprint density at radius 3 is 2.50 bits per heavy atom. The molecule has 6 nitrogen and oxygen atoms in total. The molecule has 120 valence electrons. The van der Waals surface area contributed by atoms with Crippen molar-refractivity contribution in [3.8, 4) is 0 Å². The highest BCUT2D eigenvalue weighted by molar-refractivity contribution is 6.33. The summed E-state index contributed by atoms with van der Waals surface area (Å²) in [6.07, 6.45) is 3.45. The topological polar surface area (TPSA) is 79.8 Å². The number of rotatable bonds is 5. The van der Waals surface area contributed by atoms with Crippen LogP contribution in [-0.4, -0.2) is 21.1 Å². The minimum absolute atomic E-state index is 0.212. The molecular weight excluding hydrogens is 326 g/mol. The molecule has 2 aromatic heterocycles. The van der Waals surface area contributed by atoms with E-state index in [1.807, 2.05) is 12.1 Å². The van der Waals surface area contributed by atoms with Crippen LogP contribution in [0.2, 0.25) is 5.02 Å². The first kappa shape index (κ1) is 15.9. The molecule has 3 aromatic rings. The van der Waals surface area contributed by atoms with Gasteiger partial charge in [-0.05, 0) is 42.0 Å². The minimum Gasteiger partial charge on any atom is -0.365 e. The van der Waals surface area contributed by atoms with Crippen molar-refractivity contribution in [3.05, 3.63) is 77.2 Å². The number of hydrogen-bond donors (Lipinski definition) is 2. The van der Waals surface area contributed by atoms with Crippen LogP contribution in [-0.2, 0) is 6.54 Å². The van der Waals surface area contributed by atoms with E-state index >= 15 is 0 Å². The SMILES string of the molecule is O=C(Nc1ccccc1Cl)c1ccc(NCc2ccncc2)nn1. The maximum atomic E-state index is 12.2. The molecule has 0 aliphatic carbocycles. The Kier molecular flexibility index (Phi) is 4.98. The lowest BCUT2D eigenvalue weighted by Crippen LogP contribution is -2.15. The Bertz CT molecular complexity index is 824. The zero-order valence-electron chi connectivity index (χ0n) is 12.6. The van der Waals surface area contributed by atoms with E-state index in [4.69, 9.17) is 11.6 Å². The van der Waals surface area contributed by atoms with Gasteiger partial charge < -0.3 is 10.6 Å². The monoisotopic (exact) mass is 339 g/mol. The number of halogens is 1. The van der Waals surface area contributed by atoms with Crippen LogP contribution in [0.3, 0.4) is 0 Å². The highest BCUT2D eigenvalue weighted by atomic mass is 35.5. The number of benzene rings is 1. The van der Waals surface area contributed by atoms with Gasteiger partial charge in [0.2, 0.25) is 0 Å². The van der Waals surface area contributed by atoms with Crippen molar-refractivity contribution in [3.63, 3.8) is 0 Å². The summed E-state index contributed by atoms with van der Waals surface area (Å²) in [5, 5.41) is 14.2. The van der Waals surface area contributed by atoms with E-state index in [0.29, 0.717) is 23.1 Å². The van der Waals surface area contributed by atoms with Crippen LogP contribution < -0.4 is 10.6 Å². The van der Waals surface area contributed by atoms with Crippen LogP contribution in [0.1, 0.15) is 16.1 Å². The molecule has 0 aliphatic rings. The molecule has 0 saturated carbocycles. The van der Waals surface area contributed by atoms with E-state index in [1.54, 1.807) is 48.8 Å². The summed E-state index contributed by atoms with van der Waals surface area (Å²) in [4.78, 5) is 16.1. The fourth-order valence-corrected chi connectivity index (χ4v) is 2.17. The second-order valence-electron chi connectivity index (χ2n) is 4.95. The molecule has 2 N–H and O–H groups in total. The number of nitrogens with zero attached hydrogens (tertiary/aromatic N) is 3. The molecule has 0 saturated heterocycles. The molecule has 1 aromatic carbocycles. The van der Waals surface area contributed by atoms with Gasteiger partial charge in [-0.2, -0.15) is 0 Å². The molecule has 7 heteroatoms. The van der Waals surface area contributed by atoms with Crippen molar-refractivity contribution < 1.29 is 4.79 Å². The number of para-hydroxylation sites is 1. The molecule has 0 bridgehead atoms. The molecule has 3 rings (SSSR count). The van der Waals surface area contributed by atoms with Crippen LogP contribution in [0.4, 0.5) is 11.5 Å². The third-order valence-corrected chi connectivity index (χ3v) is 3.57. The van der Waals surface area contributed by atoms with Gasteiger partial charge in [-0.3, -0.25) is 9.78 Å². The fourth-order valence-electron chi connectivity index (χ4n) is 1.99. The molecule has 0 spiro atoms. The largest absolute Gasteiger partial charge is 0.365 e. The maximum absolute atomic E-state index is 12.2. The predicted octanol–water partition coefficient (Wildman–Crippen LogP) is 3.39. The molecule has 0 aliphatic heterocycles. The van der Waals surface area contributed by atoms with Gasteiger partial charge in [0.15, 0.2) is 5.69 Å². The Morgan fingerprint density at radius 1 is 1.00 bits per heavy atom. The van der Waals surface area contributed by atoms with E-state index in [2.05, 4.69) is 25.8 Å². The average molecular weight is 340 g/mol. The van der Waals surface area contributed by atoms with Gasteiger partial charge in [0.05, 0.1) is 10.7 Å². The van der Waals surface area contributed by atoms with Gasteiger partial charge in [0.25, 0.3) is 5.91 Å². The predicted molar refractivity (Wildman–Crippen MR) is 93.0 cm³/mol. The van der Waals surface area contributed by atoms with Gasteiger partial charge in [-0.25, -0.2) is 0 Å². The summed E-state index contributed by atoms with van der Waals surface area (Å²) in [6.45, 7) is 0.600. The van der Waals surface area contributed by atoms with Crippen molar-refractivity contribution >= 4 is 29.0 Å². The first-order valence-electron chi connectivity index (χ1n) is 7.25. The number of nitrogens with one attached hydrogen (secondary N) is 2. The van der Waals surface area contributed by atoms with E-state index in [0.717, 1.165) is 5.56 Å². The summed E-state index contributed by atoms with van der Waals surface area (Å²) < 4.78 is 0. The van der Waals surface area contributed by atoms with Crippen LogP contribution in [0.15, 0.2) is 60.9 Å². The van der Waals surface area contributed by atoms with E-state index < -0.39 is 0 Å². The molecule has 0 atom stereocenters. The molecule has 24 heavy (non-hydrogen) atoms. The summed E-state index contributed by atoms with van der Waals surface area (Å²) in [5.41, 5.74) is 1.82. The number of carbonyl (C=O) groups excluding carboxylic acids is 1. The first-order valence-corrected chi connectivity index (χ1v) is 7.62. The lowest BCUT2D eigenvalue weighted by atomic mass is 10.2. The smallest absolute Gasteiger partial charge is 0.276 e. The van der Waals surface area contributed by atoms with E-state index in [9.17, 15) is 4.79 Å². The molecular formula is C17H14ClN5O. The minimum atomic E-state index is -0.365. The van der Waals surface area contributed by atoms with Crippen molar-refractivity contribution in [2.75, 3.05) is 10.6 Å². The first-order chi connectivity index (χ1) is 11.7. The lowest BCUT2D eigenvalue weighted by Gasteiger charge is -2.07. The van der Waals surface area contributed by atoms with Crippen LogP contribution in [0.5, 0.6) is 0 Å². The third kappa shape index (κ3) is 4.05. The number of pyridine rings is 1. The highest BCUT2D eigenvalue weighted by Crippen LogP contribution is 2.20. The average Bonchev–Trinajstić information content (AvgIpc) is 2.63. The molecule has 1 amide bonds. The number of anilines is 2. The number of hydrogen-bond acceptors (Lipinski definition) is 5. The van der Waals surface area contributed by atoms with Crippen molar-refractivity contribution in [2.45, 2.75) is 6.54 Å². The Morgan fingerprint density at radius 2 is 1.79 bits per heavy atom. The van der Waals surface area contributed by atoms with Crippen LogP contribution in [0.25, 0.3) is 0 Å². The van der Waals surface area contributed by atoms with Gasteiger partial charge in [-0.15, -0.1) is 10.2 Å². The maximum Gasteiger partial charge on any atom is 0.276 e. The zero-order valence-corrected chi connectivity index (χ0v) is 13.4. The quantitative estimate of drug-likeness (QED) is 0.744. The van der Waals surface area contributed by atoms with Crippen molar-refractivity contribution in [1.82, 2.24) is 15.2 Å². The normalized spacial score (nSPS) is 10.2. The van der Waals surface area contributed by atoms with Gasteiger partial charge >= 0.3 is 0 Å².